The highest BCUT2D eigenvalue weighted by Crippen LogP contribution is 2.30. The first-order valence-electron chi connectivity index (χ1n) is 10.2. The van der Waals surface area contributed by atoms with Crippen molar-refractivity contribution in [3.63, 3.8) is 0 Å². The zero-order chi connectivity index (χ0) is 21.3. The minimum Gasteiger partial charge on any atom is -0.495 e. The molecule has 0 saturated carbocycles. The summed E-state index contributed by atoms with van der Waals surface area (Å²) >= 11 is 0. The van der Waals surface area contributed by atoms with Crippen LogP contribution >= 0.6 is 0 Å². The van der Waals surface area contributed by atoms with E-state index in [9.17, 15) is 4.79 Å². The minimum atomic E-state index is -0.139. The van der Waals surface area contributed by atoms with Gasteiger partial charge in [0.2, 0.25) is 0 Å². The van der Waals surface area contributed by atoms with Crippen LogP contribution in [0.4, 0.5) is 5.69 Å². The number of hydrogen-bond acceptors (Lipinski definition) is 5. The molecular weight excluding hydrogens is 380 g/mol. The van der Waals surface area contributed by atoms with E-state index in [0.717, 1.165) is 60.0 Å². The van der Waals surface area contributed by atoms with E-state index in [1.165, 1.54) is 0 Å². The molecule has 8 nitrogen and oxygen atoms in total. The molecule has 2 aromatic heterocycles. The lowest BCUT2D eigenvalue weighted by Crippen LogP contribution is -2.48. The van der Waals surface area contributed by atoms with Crippen LogP contribution in [0, 0.1) is 13.8 Å². The molecule has 3 aromatic rings. The second-order valence-electron chi connectivity index (χ2n) is 7.77. The van der Waals surface area contributed by atoms with E-state index >= 15 is 0 Å². The van der Waals surface area contributed by atoms with E-state index in [-0.39, 0.29) is 11.9 Å². The predicted octanol–water partition coefficient (Wildman–Crippen LogP) is 2.83. The van der Waals surface area contributed by atoms with Crippen molar-refractivity contribution in [1.82, 2.24) is 25.3 Å². The number of hydrogen-bond donors (Lipinski definition) is 2. The van der Waals surface area contributed by atoms with Gasteiger partial charge in [-0.1, -0.05) is 12.1 Å². The number of piperidine rings is 1. The Hall–Kier alpha value is -3.29. The summed E-state index contributed by atoms with van der Waals surface area (Å²) in [6.07, 6.45) is 1.95. The third-order valence-electron chi connectivity index (χ3n) is 5.77. The lowest BCUT2D eigenvalue weighted by Gasteiger charge is -2.35. The normalized spacial score (nSPS) is 16.5. The number of methoxy groups -OCH3 is 1. The zero-order valence-electron chi connectivity index (χ0n) is 17.9. The summed E-state index contributed by atoms with van der Waals surface area (Å²) in [7, 11) is 3.59. The van der Waals surface area contributed by atoms with Crippen LogP contribution in [0.5, 0.6) is 5.75 Å². The number of aromatic amines is 1. The van der Waals surface area contributed by atoms with Gasteiger partial charge in [-0.3, -0.25) is 14.6 Å². The molecule has 1 fully saturated rings. The average Bonchev–Trinajstić information content (AvgIpc) is 3.32. The van der Waals surface area contributed by atoms with Crippen LogP contribution in [0.1, 0.15) is 34.7 Å². The van der Waals surface area contributed by atoms with Crippen LogP contribution < -0.4 is 15.0 Å². The summed E-state index contributed by atoms with van der Waals surface area (Å²) in [4.78, 5) is 15.1. The van der Waals surface area contributed by atoms with Crippen molar-refractivity contribution in [2.24, 2.45) is 7.05 Å². The number of benzene rings is 1. The summed E-state index contributed by atoms with van der Waals surface area (Å²) in [6.45, 7) is 5.64. The van der Waals surface area contributed by atoms with E-state index in [1.54, 1.807) is 13.2 Å². The molecular formula is C22H28N6O2. The van der Waals surface area contributed by atoms with Gasteiger partial charge < -0.3 is 15.0 Å². The third-order valence-corrected chi connectivity index (χ3v) is 5.77. The van der Waals surface area contributed by atoms with Gasteiger partial charge in [0, 0.05) is 37.4 Å². The van der Waals surface area contributed by atoms with Gasteiger partial charge in [0.25, 0.3) is 5.91 Å². The Morgan fingerprint density at radius 2 is 2.10 bits per heavy atom. The fraction of sp³-hybridized carbons (Fsp3) is 0.409. The fourth-order valence-corrected chi connectivity index (χ4v) is 4.18. The molecule has 0 radical (unpaired) electrons. The van der Waals surface area contributed by atoms with E-state index < -0.39 is 0 Å². The van der Waals surface area contributed by atoms with Gasteiger partial charge in [-0.15, -0.1) is 0 Å². The Labute approximate surface area is 176 Å². The summed E-state index contributed by atoms with van der Waals surface area (Å²) in [6, 6.07) is 9.86. The molecule has 1 atom stereocenters. The third kappa shape index (κ3) is 3.77. The van der Waals surface area contributed by atoms with Crippen molar-refractivity contribution in [3.8, 4) is 17.0 Å². The van der Waals surface area contributed by atoms with Crippen molar-refractivity contribution in [1.29, 1.82) is 0 Å². The van der Waals surface area contributed by atoms with E-state index in [4.69, 9.17) is 4.74 Å². The number of para-hydroxylation sites is 2. The van der Waals surface area contributed by atoms with Gasteiger partial charge >= 0.3 is 0 Å². The quantitative estimate of drug-likeness (QED) is 0.678. The number of ether oxygens (including phenoxy) is 1. The Morgan fingerprint density at radius 1 is 1.30 bits per heavy atom. The molecule has 1 aromatic carbocycles. The maximum absolute atomic E-state index is 12.9. The van der Waals surface area contributed by atoms with Crippen molar-refractivity contribution in [2.75, 3.05) is 25.1 Å². The number of nitrogens with one attached hydrogen (secondary N) is 2. The van der Waals surface area contributed by atoms with Gasteiger partial charge in [-0.25, -0.2) is 0 Å². The highest BCUT2D eigenvalue weighted by atomic mass is 16.5. The molecule has 30 heavy (non-hydrogen) atoms. The van der Waals surface area contributed by atoms with Crippen LogP contribution in [0.2, 0.25) is 0 Å². The van der Waals surface area contributed by atoms with Gasteiger partial charge in [0.15, 0.2) is 0 Å². The number of H-pyrrole nitrogens is 1. The van der Waals surface area contributed by atoms with Crippen molar-refractivity contribution < 1.29 is 9.53 Å². The topological polar surface area (TPSA) is 88.1 Å². The van der Waals surface area contributed by atoms with Crippen LogP contribution in [0.15, 0.2) is 30.3 Å². The molecule has 3 heterocycles. The lowest BCUT2D eigenvalue weighted by atomic mass is 10.0. The maximum atomic E-state index is 12.9. The van der Waals surface area contributed by atoms with Gasteiger partial charge in [0.1, 0.15) is 11.4 Å². The summed E-state index contributed by atoms with van der Waals surface area (Å²) in [5.41, 5.74) is 5.14. The molecule has 1 aliphatic heterocycles. The van der Waals surface area contributed by atoms with E-state index in [1.807, 2.05) is 43.8 Å². The van der Waals surface area contributed by atoms with Crippen LogP contribution in [0.3, 0.4) is 0 Å². The Bertz CT molecular complexity index is 1050. The van der Waals surface area contributed by atoms with Crippen molar-refractivity contribution >= 4 is 11.6 Å². The van der Waals surface area contributed by atoms with E-state index in [2.05, 4.69) is 31.6 Å². The van der Waals surface area contributed by atoms with Crippen LogP contribution in [-0.4, -0.2) is 52.1 Å². The predicted molar refractivity (Wildman–Crippen MR) is 116 cm³/mol. The van der Waals surface area contributed by atoms with Crippen LogP contribution in [-0.2, 0) is 7.05 Å². The van der Waals surface area contributed by atoms with Crippen LogP contribution in [0.25, 0.3) is 11.3 Å². The lowest BCUT2D eigenvalue weighted by molar-refractivity contribution is 0.0928. The first kappa shape index (κ1) is 20.0. The molecule has 2 N–H and O–H groups in total. The number of amides is 1. The summed E-state index contributed by atoms with van der Waals surface area (Å²) in [5.74, 6) is 0.713. The number of rotatable bonds is 5. The largest absolute Gasteiger partial charge is 0.495 e. The second-order valence-corrected chi connectivity index (χ2v) is 7.77. The Morgan fingerprint density at radius 3 is 2.83 bits per heavy atom. The molecule has 0 bridgehead atoms. The van der Waals surface area contributed by atoms with Crippen molar-refractivity contribution in [2.45, 2.75) is 32.7 Å². The molecule has 1 aliphatic rings. The van der Waals surface area contributed by atoms with Gasteiger partial charge in [-0.05, 0) is 44.9 Å². The molecule has 0 spiro atoms. The first-order chi connectivity index (χ1) is 14.5. The fourth-order valence-electron chi connectivity index (χ4n) is 4.18. The maximum Gasteiger partial charge on any atom is 0.269 e. The molecule has 8 heteroatoms. The van der Waals surface area contributed by atoms with E-state index in [0.29, 0.717) is 5.69 Å². The number of carbonyl (C=O) groups excluding carboxylic acids is 1. The molecule has 0 aliphatic carbocycles. The summed E-state index contributed by atoms with van der Waals surface area (Å²) < 4.78 is 7.33. The Kier molecular flexibility index (Phi) is 5.48. The smallest absolute Gasteiger partial charge is 0.269 e. The van der Waals surface area contributed by atoms with Gasteiger partial charge in [0.05, 0.1) is 24.2 Å². The number of nitrogens with zero attached hydrogens (tertiary/aromatic N) is 4. The number of carbonyl (C=O) groups is 1. The molecule has 1 unspecified atom stereocenters. The molecule has 1 amide bonds. The molecule has 1 saturated heterocycles. The zero-order valence-corrected chi connectivity index (χ0v) is 17.9. The highest BCUT2D eigenvalue weighted by Gasteiger charge is 2.25. The monoisotopic (exact) mass is 408 g/mol. The standard InChI is InChI=1S/C22H28N6O2/c1-14-21(15(2)27(3)26-14)17-12-18(25-24-17)22(29)23-16-8-7-11-28(13-16)19-9-5-6-10-20(19)30-4/h5-6,9-10,12,16H,7-8,11,13H2,1-4H3,(H,23,29)(H,24,25). The highest BCUT2D eigenvalue weighted by molar-refractivity contribution is 5.93. The number of aryl methyl sites for hydroxylation is 2. The number of anilines is 1. The molecule has 158 valence electrons. The molecule has 4 rings (SSSR count). The average molecular weight is 409 g/mol. The van der Waals surface area contributed by atoms with Crippen molar-refractivity contribution in [3.05, 3.63) is 47.4 Å². The Balaban J connectivity index is 1.46. The first-order valence-corrected chi connectivity index (χ1v) is 10.2. The SMILES string of the molecule is COc1ccccc1N1CCCC(NC(=O)c2cc(-c3c(C)nn(C)c3C)n[nH]2)C1. The number of aromatic nitrogens is 4. The van der Waals surface area contributed by atoms with Gasteiger partial charge in [-0.2, -0.15) is 10.2 Å². The summed E-state index contributed by atoms with van der Waals surface area (Å²) in [5, 5.41) is 14.8. The second kappa shape index (κ2) is 8.22. The minimum absolute atomic E-state index is 0.0600.